The number of para-hydroxylation sites is 1. The lowest BCUT2D eigenvalue weighted by Crippen LogP contribution is -2.22. The number of hydrogen-bond acceptors (Lipinski definition) is 4. The van der Waals surface area contributed by atoms with Crippen LogP contribution in [0.1, 0.15) is 23.6 Å². The van der Waals surface area contributed by atoms with Gasteiger partial charge < -0.3 is 9.32 Å². The van der Waals surface area contributed by atoms with E-state index in [9.17, 15) is 0 Å². The lowest BCUT2D eigenvalue weighted by molar-refractivity contribution is 0.638. The molecular formula is C50H31NOS2. The van der Waals surface area contributed by atoms with Crippen molar-refractivity contribution in [1.29, 1.82) is 0 Å². The molecule has 3 heterocycles. The van der Waals surface area contributed by atoms with Crippen molar-refractivity contribution in [2.24, 2.45) is 0 Å². The molecule has 12 rings (SSSR count). The number of rotatable bonds is 4. The Balaban J connectivity index is 1.07. The molecular weight excluding hydrogens is 695 g/mol. The molecule has 0 saturated heterocycles. The number of hydrogen-bond donors (Lipinski definition) is 0. The highest BCUT2D eigenvalue weighted by molar-refractivity contribution is 7.26. The van der Waals surface area contributed by atoms with Crippen LogP contribution in [0.3, 0.4) is 0 Å². The van der Waals surface area contributed by atoms with Crippen molar-refractivity contribution in [3.8, 4) is 11.1 Å². The molecule has 0 atom stereocenters. The van der Waals surface area contributed by atoms with E-state index in [0.717, 1.165) is 39.0 Å². The largest absolute Gasteiger partial charge is 0.456 e. The number of furan rings is 1. The molecule has 0 aliphatic heterocycles. The highest BCUT2D eigenvalue weighted by Crippen LogP contribution is 2.54. The number of thiophene rings is 2. The van der Waals surface area contributed by atoms with Gasteiger partial charge in [-0.05, 0) is 83.8 Å². The van der Waals surface area contributed by atoms with Gasteiger partial charge in [0.2, 0.25) is 0 Å². The van der Waals surface area contributed by atoms with Gasteiger partial charge in [-0.3, -0.25) is 0 Å². The molecule has 0 unspecified atom stereocenters. The maximum atomic E-state index is 7.06. The smallest absolute Gasteiger partial charge is 0.139 e. The summed E-state index contributed by atoms with van der Waals surface area (Å²) < 4.78 is 12.2. The van der Waals surface area contributed by atoms with Crippen LogP contribution in [0.5, 0.6) is 0 Å². The summed E-state index contributed by atoms with van der Waals surface area (Å²) in [6, 6.07) is 62.4. The van der Waals surface area contributed by atoms with Crippen molar-refractivity contribution in [2.45, 2.75) is 12.3 Å². The summed E-state index contributed by atoms with van der Waals surface area (Å²) >= 11 is 3.71. The quantitative estimate of drug-likeness (QED) is 0.180. The van der Waals surface area contributed by atoms with Crippen LogP contribution < -0.4 is 4.90 Å². The summed E-state index contributed by atoms with van der Waals surface area (Å²) in [5, 5.41) is 7.44. The van der Waals surface area contributed by atoms with Crippen molar-refractivity contribution in [1.82, 2.24) is 0 Å². The standard InChI is InChI=1S/C50H31NOS2/c1-50(41-16-6-2-11-33(41)34-12-3-7-17-42(34)50)43-18-10-15-39-35-24-21-31(28-44(35)52-49(39)43)51(30-23-26-47-40(27-30)37-14-5-9-20-46(37)53-47)32-22-25-38-36-13-4-8-19-45(36)54-48(38)29-32/h2-29H,1H3. The predicted octanol–water partition coefficient (Wildman–Crippen LogP) is 15.1. The molecule has 1 aliphatic rings. The van der Waals surface area contributed by atoms with Gasteiger partial charge in [-0.25, -0.2) is 0 Å². The van der Waals surface area contributed by atoms with E-state index in [1.165, 1.54) is 68.2 Å². The average molecular weight is 726 g/mol. The molecule has 11 aromatic rings. The van der Waals surface area contributed by atoms with Crippen molar-refractivity contribution in [3.63, 3.8) is 0 Å². The molecule has 0 radical (unpaired) electrons. The van der Waals surface area contributed by atoms with Gasteiger partial charge in [0, 0.05) is 85.2 Å². The van der Waals surface area contributed by atoms with E-state index in [0.29, 0.717) is 0 Å². The number of fused-ring (bicyclic) bond motifs is 12. The van der Waals surface area contributed by atoms with Crippen LogP contribution in [0.4, 0.5) is 17.1 Å². The minimum absolute atomic E-state index is 0.353. The molecule has 0 saturated carbocycles. The molecule has 1 aliphatic carbocycles. The van der Waals surface area contributed by atoms with Crippen LogP contribution in [-0.4, -0.2) is 0 Å². The Morgan fingerprint density at radius 1 is 0.407 bits per heavy atom. The number of benzene rings is 8. The van der Waals surface area contributed by atoms with Crippen molar-refractivity contribution in [2.75, 3.05) is 4.90 Å². The van der Waals surface area contributed by atoms with Gasteiger partial charge in [-0.2, -0.15) is 0 Å². The lowest BCUT2D eigenvalue weighted by atomic mass is 9.74. The second-order valence-corrected chi connectivity index (χ2v) is 16.7. The fourth-order valence-corrected chi connectivity index (χ4v) is 11.4. The van der Waals surface area contributed by atoms with Gasteiger partial charge in [0.1, 0.15) is 11.2 Å². The molecule has 0 N–H and O–H groups in total. The molecule has 2 nitrogen and oxygen atoms in total. The zero-order valence-electron chi connectivity index (χ0n) is 29.3. The normalized spacial score (nSPS) is 13.4. The van der Waals surface area contributed by atoms with Gasteiger partial charge in [-0.1, -0.05) is 109 Å². The first-order chi connectivity index (χ1) is 26.6. The van der Waals surface area contributed by atoms with E-state index in [-0.39, 0.29) is 5.41 Å². The van der Waals surface area contributed by atoms with E-state index in [2.05, 4.69) is 182 Å². The summed E-state index contributed by atoms with van der Waals surface area (Å²) in [6.45, 7) is 2.36. The summed E-state index contributed by atoms with van der Waals surface area (Å²) in [6.07, 6.45) is 0. The molecule has 54 heavy (non-hydrogen) atoms. The van der Waals surface area contributed by atoms with Gasteiger partial charge in [-0.15, -0.1) is 22.7 Å². The summed E-state index contributed by atoms with van der Waals surface area (Å²) in [5.41, 5.74) is 11.2. The third-order valence-corrected chi connectivity index (χ3v) is 14.0. The molecule has 0 amide bonds. The Hall–Kier alpha value is -6.20. The van der Waals surface area contributed by atoms with Crippen molar-refractivity contribution < 1.29 is 4.42 Å². The topological polar surface area (TPSA) is 16.4 Å². The molecule has 3 aromatic heterocycles. The fraction of sp³-hybridized carbons (Fsp3) is 0.0400. The molecule has 254 valence electrons. The highest BCUT2D eigenvalue weighted by Gasteiger charge is 2.42. The Bertz CT molecular complexity index is 3280. The molecule has 8 aromatic carbocycles. The lowest BCUT2D eigenvalue weighted by Gasteiger charge is -2.28. The third-order valence-electron chi connectivity index (χ3n) is 11.7. The van der Waals surface area contributed by atoms with Crippen LogP contribution in [0.2, 0.25) is 0 Å². The Morgan fingerprint density at radius 3 is 1.69 bits per heavy atom. The monoisotopic (exact) mass is 725 g/mol. The van der Waals surface area contributed by atoms with Gasteiger partial charge in [0.15, 0.2) is 0 Å². The van der Waals surface area contributed by atoms with Crippen molar-refractivity contribution in [3.05, 3.63) is 187 Å². The second kappa shape index (κ2) is 11.2. The Kier molecular flexibility index (Phi) is 6.26. The van der Waals surface area contributed by atoms with Crippen LogP contribution in [0, 0.1) is 0 Å². The van der Waals surface area contributed by atoms with Crippen LogP contribution >= 0.6 is 22.7 Å². The first kappa shape index (κ1) is 30.3. The summed E-state index contributed by atoms with van der Waals surface area (Å²) in [5.74, 6) is 0. The zero-order valence-corrected chi connectivity index (χ0v) is 31.0. The molecule has 0 spiro atoms. The molecule has 0 bridgehead atoms. The van der Waals surface area contributed by atoms with Crippen LogP contribution in [0.15, 0.2) is 174 Å². The van der Waals surface area contributed by atoms with Crippen LogP contribution in [0.25, 0.3) is 73.4 Å². The first-order valence-corrected chi connectivity index (χ1v) is 20.0. The third kappa shape index (κ3) is 4.15. The number of anilines is 3. The average Bonchev–Trinajstić information content (AvgIpc) is 3.96. The van der Waals surface area contributed by atoms with Crippen molar-refractivity contribution >= 4 is 102 Å². The zero-order chi connectivity index (χ0) is 35.5. The minimum atomic E-state index is -0.353. The van der Waals surface area contributed by atoms with Gasteiger partial charge in [0.05, 0.1) is 0 Å². The van der Waals surface area contributed by atoms with Gasteiger partial charge in [0.25, 0.3) is 0 Å². The summed E-state index contributed by atoms with van der Waals surface area (Å²) in [4.78, 5) is 2.40. The van der Waals surface area contributed by atoms with E-state index in [4.69, 9.17) is 4.42 Å². The predicted molar refractivity (Wildman–Crippen MR) is 232 cm³/mol. The summed E-state index contributed by atoms with van der Waals surface area (Å²) in [7, 11) is 0. The molecule has 4 heteroatoms. The first-order valence-electron chi connectivity index (χ1n) is 18.4. The fourth-order valence-electron chi connectivity index (χ4n) is 9.22. The van der Waals surface area contributed by atoms with Crippen LogP contribution in [-0.2, 0) is 5.41 Å². The maximum Gasteiger partial charge on any atom is 0.139 e. The van der Waals surface area contributed by atoms with E-state index >= 15 is 0 Å². The molecule has 0 fully saturated rings. The van der Waals surface area contributed by atoms with E-state index < -0.39 is 0 Å². The Labute approximate surface area is 319 Å². The van der Waals surface area contributed by atoms with Gasteiger partial charge >= 0.3 is 0 Å². The minimum Gasteiger partial charge on any atom is -0.456 e. The highest BCUT2D eigenvalue weighted by atomic mass is 32.1. The Morgan fingerprint density at radius 2 is 0.926 bits per heavy atom. The second-order valence-electron chi connectivity index (χ2n) is 14.6. The maximum absolute atomic E-state index is 7.06. The number of nitrogens with zero attached hydrogens (tertiary/aromatic N) is 1. The SMILES string of the molecule is CC1(c2cccc3c2oc2cc(N(c4ccc5c(c4)sc4ccccc45)c4ccc5sc6ccccc6c5c4)ccc23)c2ccccc2-c2ccccc21. The van der Waals surface area contributed by atoms with E-state index in [1.807, 2.05) is 22.7 Å². The van der Waals surface area contributed by atoms with E-state index in [1.54, 1.807) is 0 Å².